The monoisotopic (exact) mass is 232 g/mol. The molecular weight excluding hydrogens is 216 g/mol. The molecule has 0 fully saturated rings. The third-order valence-corrected chi connectivity index (χ3v) is 2.60. The topological polar surface area (TPSA) is 63.8 Å². The smallest absolute Gasteiger partial charge is 0.240 e. The van der Waals surface area contributed by atoms with Crippen molar-refractivity contribution in [2.24, 2.45) is 0 Å². The first-order valence-corrected chi connectivity index (χ1v) is 5.76. The molecule has 0 bridgehead atoms. The SMILES string of the molecule is CCC(C)NCc1nc(-c2cccnc2)no1. The maximum atomic E-state index is 5.16. The van der Waals surface area contributed by atoms with Crippen molar-refractivity contribution in [3.05, 3.63) is 30.4 Å². The lowest BCUT2D eigenvalue weighted by Gasteiger charge is -2.07. The Balaban J connectivity index is 2.01. The van der Waals surface area contributed by atoms with Gasteiger partial charge in [0, 0.05) is 24.0 Å². The summed E-state index contributed by atoms with van der Waals surface area (Å²) in [5.41, 5.74) is 0.867. The van der Waals surface area contributed by atoms with Crippen LogP contribution in [-0.4, -0.2) is 21.2 Å². The normalized spacial score (nSPS) is 12.6. The van der Waals surface area contributed by atoms with E-state index in [1.807, 2.05) is 12.1 Å². The Hall–Kier alpha value is -1.75. The average Bonchev–Trinajstić information content (AvgIpc) is 2.86. The predicted molar refractivity (Wildman–Crippen MR) is 64.1 cm³/mol. The minimum Gasteiger partial charge on any atom is -0.338 e. The van der Waals surface area contributed by atoms with Crippen LogP contribution in [0.2, 0.25) is 0 Å². The molecule has 0 spiro atoms. The van der Waals surface area contributed by atoms with Crippen molar-refractivity contribution >= 4 is 0 Å². The second kappa shape index (κ2) is 5.54. The summed E-state index contributed by atoms with van der Waals surface area (Å²) in [6.45, 7) is 4.85. The maximum absolute atomic E-state index is 5.16. The highest BCUT2D eigenvalue weighted by Crippen LogP contribution is 2.13. The van der Waals surface area contributed by atoms with Crippen molar-refractivity contribution in [1.82, 2.24) is 20.4 Å². The molecule has 17 heavy (non-hydrogen) atoms. The standard InChI is InChI=1S/C12H16N4O/c1-3-9(2)14-8-11-15-12(16-17-11)10-5-4-6-13-7-10/h4-7,9,14H,3,8H2,1-2H3. The number of hydrogen-bond acceptors (Lipinski definition) is 5. The Morgan fingerprint density at radius 2 is 2.35 bits per heavy atom. The van der Waals surface area contributed by atoms with Gasteiger partial charge in [-0.2, -0.15) is 4.98 Å². The highest BCUT2D eigenvalue weighted by molar-refractivity contribution is 5.51. The molecule has 0 aromatic carbocycles. The molecule has 0 saturated carbocycles. The van der Waals surface area contributed by atoms with Crippen LogP contribution in [0.25, 0.3) is 11.4 Å². The highest BCUT2D eigenvalue weighted by Gasteiger charge is 2.08. The van der Waals surface area contributed by atoms with Crippen LogP contribution >= 0.6 is 0 Å². The third-order valence-electron chi connectivity index (χ3n) is 2.60. The van der Waals surface area contributed by atoms with E-state index in [1.54, 1.807) is 12.4 Å². The Kier molecular flexibility index (Phi) is 3.82. The molecule has 0 aliphatic heterocycles. The number of nitrogens with zero attached hydrogens (tertiary/aromatic N) is 3. The third kappa shape index (κ3) is 3.10. The molecule has 1 N–H and O–H groups in total. The lowest BCUT2D eigenvalue weighted by atomic mass is 10.2. The van der Waals surface area contributed by atoms with E-state index >= 15 is 0 Å². The van der Waals surface area contributed by atoms with Crippen LogP contribution in [0.15, 0.2) is 29.0 Å². The molecule has 90 valence electrons. The van der Waals surface area contributed by atoms with Crippen LogP contribution in [0.3, 0.4) is 0 Å². The van der Waals surface area contributed by atoms with Crippen LogP contribution < -0.4 is 5.32 Å². The van der Waals surface area contributed by atoms with Crippen molar-refractivity contribution in [3.63, 3.8) is 0 Å². The molecule has 2 rings (SSSR count). The Morgan fingerprint density at radius 3 is 3.06 bits per heavy atom. The van der Waals surface area contributed by atoms with Crippen molar-refractivity contribution in [3.8, 4) is 11.4 Å². The largest absolute Gasteiger partial charge is 0.338 e. The second-order valence-electron chi connectivity index (χ2n) is 3.94. The van der Waals surface area contributed by atoms with Crippen LogP contribution in [0.5, 0.6) is 0 Å². The molecule has 5 nitrogen and oxygen atoms in total. The second-order valence-corrected chi connectivity index (χ2v) is 3.94. The van der Waals surface area contributed by atoms with Gasteiger partial charge in [0.15, 0.2) is 0 Å². The fourth-order valence-corrected chi connectivity index (χ4v) is 1.34. The molecule has 0 amide bonds. The minimum absolute atomic E-state index is 0.448. The summed E-state index contributed by atoms with van der Waals surface area (Å²) in [5.74, 6) is 1.18. The van der Waals surface area contributed by atoms with Gasteiger partial charge < -0.3 is 9.84 Å². The van der Waals surface area contributed by atoms with Gasteiger partial charge in [0.1, 0.15) is 0 Å². The van der Waals surface area contributed by atoms with Crippen LogP contribution in [-0.2, 0) is 6.54 Å². The molecular formula is C12H16N4O. The molecule has 1 unspecified atom stereocenters. The lowest BCUT2D eigenvalue weighted by Crippen LogP contribution is -2.24. The van der Waals surface area contributed by atoms with E-state index in [0.29, 0.717) is 24.3 Å². The van der Waals surface area contributed by atoms with Crippen molar-refractivity contribution in [1.29, 1.82) is 0 Å². The van der Waals surface area contributed by atoms with Gasteiger partial charge in [0.2, 0.25) is 11.7 Å². The number of hydrogen-bond donors (Lipinski definition) is 1. The van der Waals surface area contributed by atoms with Crippen molar-refractivity contribution < 1.29 is 4.52 Å². The molecule has 1 atom stereocenters. The Labute approximate surface area is 100 Å². The van der Waals surface area contributed by atoms with Gasteiger partial charge in [0.05, 0.1) is 6.54 Å². The van der Waals surface area contributed by atoms with E-state index in [4.69, 9.17) is 4.52 Å². The van der Waals surface area contributed by atoms with E-state index < -0.39 is 0 Å². The first-order chi connectivity index (χ1) is 8.29. The summed E-state index contributed by atoms with van der Waals surface area (Å²) in [5, 5.41) is 7.23. The molecule has 5 heteroatoms. The molecule has 0 aliphatic carbocycles. The van der Waals surface area contributed by atoms with Gasteiger partial charge in [-0.15, -0.1) is 0 Å². The van der Waals surface area contributed by atoms with Gasteiger partial charge in [-0.25, -0.2) is 0 Å². The van der Waals surface area contributed by atoms with E-state index in [2.05, 4.69) is 34.3 Å². The maximum Gasteiger partial charge on any atom is 0.240 e. The van der Waals surface area contributed by atoms with Crippen LogP contribution in [0.1, 0.15) is 26.2 Å². The van der Waals surface area contributed by atoms with E-state index in [0.717, 1.165) is 12.0 Å². The summed E-state index contributed by atoms with van der Waals surface area (Å²) in [7, 11) is 0. The molecule has 0 saturated heterocycles. The van der Waals surface area contributed by atoms with E-state index in [-0.39, 0.29) is 0 Å². The molecule has 0 aliphatic rings. The Bertz CT molecular complexity index is 455. The molecule has 2 heterocycles. The zero-order valence-corrected chi connectivity index (χ0v) is 10.1. The van der Waals surface area contributed by atoms with Crippen LogP contribution in [0.4, 0.5) is 0 Å². The fourth-order valence-electron chi connectivity index (χ4n) is 1.34. The summed E-state index contributed by atoms with van der Waals surface area (Å²) in [6, 6.07) is 4.20. The van der Waals surface area contributed by atoms with Gasteiger partial charge in [-0.1, -0.05) is 12.1 Å². The summed E-state index contributed by atoms with van der Waals surface area (Å²) < 4.78 is 5.16. The van der Waals surface area contributed by atoms with E-state index in [9.17, 15) is 0 Å². The first kappa shape index (κ1) is 11.7. The molecule has 2 aromatic heterocycles. The van der Waals surface area contributed by atoms with Gasteiger partial charge >= 0.3 is 0 Å². The quantitative estimate of drug-likeness (QED) is 0.854. The zero-order chi connectivity index (χ0) is 12.1. The van der Waals surface area contributed by atoms with Crippen LogP contribution in [0, 0.1) is 0 Å². The fraction of sp³-hybridized carbons (Fsp3) is 0.417. The first-order valence-electron chi connectivity index (χ1n) is 5.76. The molecule has 0 radical (unpaired) electrons. The zero-order valence-electron chi connectivity index (χ0n) is 10.1. The van der Waals surface area contributed by atoms with Crippen molar-refractivity contribution in [2.75, 3.05) is 0 Å². The van der Waals surface area contributed by atoms with E-state index in [1.165, 1.54) is 0 Å². The number of pyridine rings is 1. The van der Waals surface area contributed by atoms with Crippen molar-refractivity contribution in [2.45, 2.75) is 32.9 Å². The average molecular weight is 232 g/mol. The number of aromatic nitrogens is 3. The predicted octanol–water partition coefficient (Wildman–Crippen LogP) is 2.02. The van der Waals surface area contributed by atoms with Gasteiger partial charge in [-0.05, 0) is 25.5 Å². The molecule has 2 aromatic rings. The highest BCUT2D eigenvalue weighted by atomic mass is 16.5. The number of nitrogens with one attached hydrogen (secondary N) is 1. The number of rotatable bonds is 5. The summed E-state index contributed by atoms with van der Waals surface area (Å²) in [4.78, 5) is 8.33. The van der Waals surface area contributed by atoms with Gasteiger partial charge in [0.25, 0.3) is 0 Å². The Morgan fingerprint density at radius 1 is 1.47 bits per heavy atom. The summed E-state index contributed by atoms with van der Waals surface area (Å²) >= 11 is 0. The van der Waals surface area contributed by atoms with Gasteiger partial charge in [-0.3, -0.25) is 4.98 Å². The minimum atomic E-state index is 0.448. The summed E-state index contributed by atoms with van der Waals surface area (Å²) in [6.07, 6.45) is 4.51. The lowest BCUT2D eigenvalue weighted by molar-refractivity contribution is 0.358.